The van der Waals surface area contributed by atoms with Crippen LogP contribution in [0.1, 0.15) is 68.3 Å². The summed E-state index contributed by atoms with van der Waals surface area (Å²) in [6, 6.07) is 10.5. The van der Waals surface area contributed by atoms with Crippen molar-refractivity contribution in [3.63, 3.8) is 0 Å². The third kappa shape index (κ3) is 3.98. The summed E-state index contributed by atoms with van der Waals surface area (Å²) in [7, 11) is 0. The molecule has 1 saturated carbocycles. The highest BCUT2D eigenvalue weighted by atomic mass is 15.3. The van der Waals surface area contributed by atoms with Crippen LogP contribution >= 0.6 is 0 Å². The lowest BCUT2D eigenvalue weighted by atomic mass is 9.86. The SMILES string of the molecule is CC(C)c1cnn2c(NCc3ccccc3-n3cccn3)nc([C@H]3CC[C@@H](N)CC3)nc12. The minimum Gasteiger partial charge on any atom is -0.350 e. The van der Waals surface area contributed by atoms with Gasteiger partial charge in [-0.05, 0) is 49.3 Å². The van der Waals surface area contributed by atoms with E-state index >= 15 is 0 Å². The Morgan fingerprint density at radius 1 is 1.06 bits per heavy atom. The molecule has 0 bridgehead atoms. The van der Waals surface area contributed by atoms with Crippen LogP contribution in [0.3, 0.4) is 0 Å². The molecule has 0 amide bonds. The molecule has 3 heterocycles. The molecule has 0 saturated heterocycles. The molecule has 0 atom stereocenters. The van der Waals surface area contributed by atoms with Crippen LogP contribution in [0, 0.1) is 0 Å². The Labute approximate surface area is 187 Å². The summed E-state index contributed by atoms with van der Waals surface area (Å²) in [4.78, 5) is 9.92. The number of nitrogens with zero attached hydrogens (tertiary/aromatic N) is 6. The number of aromatic nitrogens is 6. The van der Waals surface area contributed by atoms with Crippen molar-refractivity contribution >= 4 is 11.6 Å². The quantitative estimate of drug-likeness (QED) is 0.479. The summed E-state index contributed by atoms with van der Waals surface area (Å²) < 4.78 is 3.72. The minimum atomic E-state index is 0.299. The van der Waals surface area contributed by atoms with E-state index in [0.717, 1.165) is 59.9 Å². The predicted molar refractivity (Wildman–Crippen MR) is 125 cm³/mol. The van der Waals surface area contributed by atoms with Crippen molar-refractivity contribution in [1.29, 1.82) is 0 Å². The zero-order chi connectivity index (χ0) is 22.1. The molecule has 1 aromatic carbocycles. The van der Waals surface area contributed by atoms with Crippen LogP contribution in [-0.4, -0.2) is 35.4 Å². The average Bonchev–Trinajstić information content (AvgIpc) is 3.48. The fourth-order valence-corrected chi connectivity index (χ4v) is 4.46. The van der Waals surface area contributed by atoms with Gasteiger partial charge in [-0.3, -0.25) is 0 Å². The van der Waals surface area contributed by atoms with E-state index in [1.54, 1.807) is 6.20 Å². The summed E-state index contributed by atoms with van der Waals surface area (Å²) >= 11 is 0. The van der Waals surface area contributed by atoms with E-state index in [1.807, 2.05) is 39.8 Å². The molecule has 5 rings (SSSR count). The lowest BCUT2D eigenvalue weighted by Gasteiger charge is -2.25. The summed E-state index contributed by atoms with van der Waals surface area (Å²) in [5, 5.41) is 12.5. The molecule has 1 fully saturated rings. The van der Waals surface area contributed by atoms with E-state index < -0.39 is 0 Å². The standard InChI is InChI=1S/C24H30N8/c1-16(2)20-15-28-32-23(20)29-22(17-8-10-19(25)11-9-17)30-24(32)26-14-18-6-3-4-7-21(18)31-13-5-12-27-31/h3-7,12-13,15-17,19H,8-11,14,25H2,1-2H3,(H,26,29,30)/t17-,19+. The molecule has 8 nitrogen and oxygen atoms in total. The Morgan fingerprint density at radius 3 is 2.62 bits per heavy atom. The number of para-hydroxylation sites is 1. The predicted octanol–water partition coefficient (Wildman–Crippen LogP) is 4.03. The van der Waals surface area contributed by atoms with Gasteiger partial charge in [-0.2, -0.15) is 19.7 Å². The Kier molecular flexibility index (Phi) is 5.61. The summed E-state index contributed by atoms with van der Waals surface area (Å²) in [6.45, 7) is 4.95. The molecule has 1 aliphatic carbocycles. The maximum absolute atomic E-state index is 6.13. The normalized spacial score (nSPS) is 19.0. The van der Waals surface area contributed by atoms with Gasteiger partial charge in [0.15, 0.2) is 5.65 Å². The second-order valence-corrected chi connectivity index (χ2v) is 8.94. The Morgan fingerprint density at radius 2 is 1.88 bits per heavy atom. The number of nitrogens with one attached hydrogen (secondary N) is 1. The Bertz CT molecular complexity index is 1190. The van der Waals surface area contributed by atoms with Crippen LogP contribution in [0.25, 0.3) is 11.3 Å². The molecule has 0 unspecified atom stereocenters. The molecular formula is C24H30N8. The Balaban J connectivity index is 1.50. The third-order valence-corrected chi connectivity index (χ3v) is 6.35. The van der Waals surface area contributed by atoms with Gasteiger partial charge in [0.25, 0.3) is 0 Å². The van der Waals surface area contributed by atoms with Crippen LogP contribution in [0.5, 0.6) is 0 Å². The first-order valence-electron chi connectivity index (χ1n) is 11.4. The average molecular weight is 431 g/mol. The molecule has 4 aromatic rings. The van der Waals surface area contributed by atoms with E-state index in [-0.39, 0.29) is 0 Å². The molecule has 1 aliphatic rings. The number of fused-ring (bicyclic) bond motifs is 1. The van der Waals surface area contributed by atoms with Crippen LogP contribution in [0.4, 0.5) is 5.95 Å². The van der Waals surface area contributed by atoms with Crippen molar-refractivity contribution in [3.8, 4) is 5.69 Å². The molecule has 0 spiro atoms. The van der Waals surface area contributed by atoms with E-state index in [9.17, 15) is 0 Å². The van der Waals surface area contributed by atoms with Gasteiger partial charge in [0.2, 0.25) is 5.95 Å². The van der Waals surface area contributed by atoms with Crippen molar-refractivity contribution in [3.05, 3.63) is 65.9 Å². The topological polar surface area (TPSA) is 99.0 Å². The van der Waals surface area contributed by atoms with Gasteiger partial charge in [0.1, 0.15) is 5.82 Å². The minimum absolute atomic E-state index is 0.299. The van der Waals surface area contributed by atoms with E-state index in [2.05, 4.69) is 41.5 Å². The molecular weight excluding hydrogens is 400 g/mol. The highest BCUT2D eigenvalue weighted by Gasteiger charge is 2.25. The number of hydrogen-bond acceptors (Lipinski definition) is 6. The number of anilines is 1. The third-order valence-electron chi connectivity index (χ3n) is 6.35. The van der Waals surface area contributed by atoms with Gasteiger partial charge in [-0.15, -0.1) is 0 Å². The highest BCUT2D eigenvalue weighted by Crippen LogP contribution is 2.32. The van der Waals surface area contributed by atoms with Crippen molar-refractivity contribution < 1.29 is 0 Å². The van der Waals surface area contributed by atoms with Gasteiger partial charge < -0.3 is 11.1 Å². The van der Waals surface area contributed by atoms with Crippen molar-refractivity contribution in [1.82, 2.24) is 29.4 Å². The van der Waals surface area contributed by atoms with Crippen molar-refractivity contribution in [2.75, 3.05) is 5.32 Å². The van der Waals surface area contributed by atoms with Gasteiger partial charge in [0.05, 0.1) is 11.9 Å². The van der Waals surface area contributed by atoms with Crippen LogP contribution in [0.15, 0.2) is 48.9 Å². The van der Waals surface area contributed by atoms with Gasteiger partial charge in [-0.1, -0.05) is 32.0 Å². The molecule has 166 valence electrons. The monoisotopic (exact) mass is 430 g/mol. The fourth-order valence-electron chi connectivity index (χ4n) is 4.46. The zero-order valence-corrected chi connectivity index (χ0v) is 18.6. The van der Waals surface area contributed by atoms with Crippen LogP contribution in [0.2, 0.25) is 0 Å². The maximum atomic E-state index is 6.13. The lowest BCUT2D eigenvalue weighted by Crippen LogP contribution is -2.26. The van der Waals surface area contributed by atoms with Crippen molar-refractivity contribution in [2.45, 2.75) is 64.0 Å². The number of benzene rings is 1. The summed E-state index contributed by atoms with van der Waals surface area (Å²) in [5.74, 6) is 2.30. The smallest absolute Gasteiger partial charge is 0.227 e. The van der Waals surface area contributed by atoms with E-state index in [4.69, 9.17) is 15.7 Å². The second kappa shape index (κ2) is 8.70. The first-order valence-corrected chi connectivity index (χ1v) is 11.4. The number of rotatable bonds is 6. The number of hydrogen-bond donors (Lipinski definition) is 2. The largest absolute Gasteiger partial charge is 0.350 e. The second-order valence-electron chi connectivity index (χ2n) is 8.94. The molecule has 0 aliphatic heterocycles. The molecule has 3 aromatic heterocycles. The summed E-state index contributed by atoms with van der Waals surface area (Å²) in [6.07, 6.45) is 9.77. The van der Waals surface area contributed by atoms with E-state index in [0.29, 0.717) is 24.4 Å². The molecule has 3 N–H and O–H groups in total. The first-order chi connectivity index (χ1) is 15.6. The highest BCUT2D eigenvalue weighted by molar-refractivity contribution is 5.53. The lowest BCUT2D eigenvalue weighted by molar-refractivity contribution is 0.384. The van der Waals surface area contributed by atoms with Crippen LogP contribution < -0.4 is 11.1 Å². The van der Waals surface area contributed by atoms with Crippen molar-refractivity contribution in [2.24, 2.45) is 5.73 Å². The van der Waals surface area contributed by atoms with Gasteiger partial charge >= 0.3 is 0 Å². The maximum Gasteiger partial charge on any atom is 0.227 e. The molecule has 8 heteroatoms. The molecule has 0 radical (unpaired) electrons. The fraction of sp³-hybridized carbons (Fsp3) is 0.417. The zero-order valence-electron chi connectivity index (χ0n) is 18.6. The molecule has 32 heavy (non-hydrogen) atoms. The van der Waals surface area contributed by atoms with Crippen LogP contribution in [-0.2, 0) is 6.54 Å². The first kappa shape index (κ1) is 20.6. The van der Waals surface area contributed by atoms with Gasteiger partial charge in [0, 0.05) is 36.5 Å². The summed E-state index contributed by atoms with van der Waals surface area (Å²) in [5.41, 5.74) is 10.3. The Hall–Kier alpha value is -3.26. The van der Waals surface area contributed by atoms with E-state index in [1.165, 1.54) is 0 Å². The number of nitrogens with two attached hydrogens (primary N) is 1. The van der Waals surface area contributed by atoms with Gasteiger partial charge in [-0.25, -0.2) is 9.67 Å².